The van der Waals surface area contributed by atoms with Crippen molar-refractivity contribution in [1.82, 2.24) is 4.98 Å². The van der Waals surface area contributed by atoms with Crippen molar-refractivity contribution in [3.63, 3.8) is 0 Å². The van der Waals surface area contributed by atoms with Gasteiger partial charge >= 0.3 is 0 Å². The summed E-state index contributed by atoms with van der Waals surface area (Å²) in [7, 11) is -2.53. The Morgan fingerprint density at radius 1 is 1.12 bits per heavy atom. The smallest absolute Gasteiger partial charge is 0.273 e. The summed E-state index contributed by atoms with van der Waals surface area (Å²) in [6, 6.07) is 12.6. The van der Waals surface area contributed by atoms with Gasteiger partial charge < -0.3 is 14.8 Å². The zero-order valence-electron chi connectivity index (χ0n) is 18.3. The molecule has 34 heavy (non-hydrogen) atoms. The molecular formula is C22H22N4O7S. The minimum Gasteiger partial charge on any atom is -0.474 e. The van der Waals surface area contributed by atoms with E-state index in [-0.39, 0.29) is 34.3 Å². The van der Waals surface area contributed by atoms with E-state index in [0.29, 0.717) is 17.9 Å². The molecule has 11 nitrogen and oxygen atoms in total. The number of amides is 1. The van der Waals surface area contributed by atoms with Gasteiger partial charge in [0.15, 0.2) is 0 Å². The molecule has 0 aliphatic rings. The van der Waals surface area contributed by atoms with Crippen LogP contribution in [0.15, 0.2) is 65.7 Å². The third-order valence-corrected chi connectivity index (χ3v) is 6.01. The number of carbonyl (C=O) groups is 1. The molecular weight excluding hydrogens is 464 g/mol. The highest BCUT2D eigenvalue weighted by atomic mass is 32.2. The van der Waals surface area contributed by atoms with Gasteiger partial charge in [0.2, 0.25) is 5.88 Å². The second-order valence-corrected chi connectivity index (χ2v) is 8.72. The molecule has 0 fully saturated rings. The van der Waals surface area contributed by atoms with Crippen LogP contribution in [-0.4, -0.2) is 44.6 Å². The largest absolute Gasteiger partial charge is 0.474 e. The van der Waals surface area contributed by atoms with Gasteiger partial charge in [-0.15, -0.1) is 0 Å². The molecule has 2 N–H and O–H groups in total. The number of aromatic nitrogens is 1. The van der Waals surface area contributed by atoms with Gasteiger partial charge in [-0.3, -0.25) is 19.6 Å². The minimum atomic E-state index is -4.07. The molecule has 3 rings (SSSR count). The fourth-order valence-corrected chi connectivity index (χ4v) is 3.95. The first-order chi connectivity index (χ1) is 16.2. The lowest BCUT2D eigenvalue weighted by molar-refractivity contribution is -0.385. The van der Waals surface area contributed by atoms with Crippen molar-refractivity contribution in [2.75, 3.05) is 30.4 Å². The van der Waals surface area contributed by atoms with Crippen molar-refractivity contribution in [2.24, 2.45) is 0 Å². The Morgan fingerprint density at radius 3 is 2.53 bits per heavy atom. The summed E-state index contributed by atoms with van der Waals surface area (Å²) in [5.41, 5.74) is 0.871. The predicted octanol–water partition coefficient (Wildman–Crippen LogP) is 3.38. The molecule has 0 saturated heterocycles. The molecule has 1 aromatic heterocycles. The van der Waals surface area contributed by atoms with E-state index in [1.807, 2.05) is 0 Å². The molecule has 1 amide bonds. The molecule has 0 unspecified atom stereocenters. The quantitative estimate of drug-likeness (QED) is 0.252. The van der Waals surface area contributed by atoms with Gasteiger partial charge in [0.05, 0.1) is 16.4 Å². The van der Waals surface area contributed by atoms with Crippen LogP contribution in [0.4, 0.5) is 17.1 Å². The average molecular weight is 487 g/mol. The maximum Gasteiger partial charge on any atom is 0.273 e. The number of nitrogens with zero attached hydrogens (tertiary/aromatic N) is 2. The number of pyridine rings is 1. The number of methoxy groups -OCH3 is 1. The summed E-state index contributed by atoms with van der Waals surface area (Å²) in [4.78, 5) is 26.9. The van der Waals surface area contributed by atoms with Gasteiger partial charge in [-0.1, -0.05) is 6.07 Å². The van der Waals surface area contributed by atoms with Crippen molar-refractivity contribution >= 4 is 33.0 Å². The van der Waals surface area contributed by atoms with Crippen LogP contribution in [0.25, 0.3) is 0 Å². The van der Waals surface area contributed by atoms with Crippen molar-refractivity contribution in [1.29, 1.82) is 0 Å². The normalized spacial score (nSPS) is 11.0. The number of aryl methyl sites for hydroxylation is 1. The molecule has 0 radical (unpaired) electrons. The summed E-state index contributed by atoms with van der Waals surface area (Å²) in [5.74, 6) is -0.211. The second-order valence-electron chi connectivity index (χ2n) is 7.04. The molecule has 1 heterocycles. The van der Waals surface area contributed by atoms with E-state index in [1.54, 1.807) is 19.2 Å². The number of rotatable bonds is 10. The first-order valence-electron chi connectivity index (χ1n) is 9.97. The third kappa shape index (κ3) is 6.05. The first kappa shape index (κ1) is 24.6. The van der Waals surface area contributed by atoms with Crippen LogP contribution in [0, 0.1) is 17.0 Å². The number of ether oxygens (including phenoxy) is 2. The number of benzene rings is 2. The van der Waals surface area contributed by atoms with E-state index in [1.165, 1.54) is 49.5 Å². The Kier molecular flexibility index (Phi) is 7.76. The van der Waals surface area contributed by atoms with E-state index in [0.717, 1.165) is 6.07 Å². The van der Waals surface area contributed by atoms with Crippen LogP contribution >= 0.6 is 0 Å². The highest BCUT2D eigenvalue weighted by molar-refractivity contribution is 7.92. The Morgan fingerprint density at radius 2 is 1.85 bits per heavy atom. The number of hydrogen-bond acceptors (Lipinski definition) is 8. The maximum atomic E-state index is 12.7. The number of carbonyl (C=O) groups excluding carboxylic acids is 1. The van der Waals surface area contributed by atoms with Crippen molar-refractivity contribution in [3.05, 3.63) is 82.0 Å². The number of sulfonamides is 1. The van der Waals surface area contributed by atoms with E-state index in [9.17, 15) is 23.3 Å². The predicted molar refractivity (Wildman–Crippen MR) is 125 cm³/mol. The molecule has 178 valence electrons. The van der Waals surface area contributed by atoms with Crippen LogP contribution in [0.5, 0.6) is 5.88 Å². The SMILES string of the molecule is COCCOc1ncccc1NC(=O)c1ccc(NS(=O)(=O)c2ccc(C)c([N+](=O)[O-])c2)cc1. The van der Waals surface area contributed by atoms with Crippen molar-refractivity contribution < 1.29 is 27.6 Å². The first-order valence-corrected chi connectivity index (χ1v) is 11.5. The number of nitrogens with one attached hydrogen (secondary N) is 2. The standard InChI is InChI=1S/C22H22N4O7S/c1-15-5-10-18(14-20(15)26(28)29)34(30,31)25-17-8-6-16(7-9-17)21(27)24-19-4-3-11-23-22(19)33-13-12-32-2/h3-11,14,25H,12-13H2,1-2H3,(H,24,27). The summed E-state index contributed by atoms with van der Waals surface area (Å²) >= 11 is 0. The van der Waals surface area contributed by atoms with Crippen molar-refractivity contribution in [2.45, 2.75) is 11.8 Å². The molecule has 12 heteroatoms. The Hall–Kier alpha value is -4.03. The van der Waals surface area contributed by atoms with E-state index in [4.69, 9.17) is 9.47 Å². The topological polar surface area (TPSA) is 150 Å². The van der Waals surface area contributed by atoms with Crippen LogP contribution in [0.3, 0.4) is 0 Å². The Labute approximate surface area is 195 Å². The van der Waals surface area contributed by atoms with Crippen LogP contribution in [-0.2, 0) is 14.8 Å². The summed E-state index contributed by atoms with van der Waals surface area (Å²) in [6.45, 7) is 2.14. The zero-order chi connectivity index (χ0) is 24.7. The van der Waals surface area contributed by atoms with Gasteiger partial charge in [0, 0.05) is 36.2 Å². The van der Waals surface area contributed by atoms with Crippen LogP contribution in [0.2, 0.25) is 0 Å². The Balaban J connectivity index is 1.71. The summed E-state index contributed by atoms with van der Waals surface area (Å²) in [5, 5.41) is 13.8. The van der Waals surface area contributed by atoms with Gasteiger partial charge in [0.25, 0.3) is 21.6 Å². The fraction of sp³-hybridized carbons (Fsp3) is 0.182. The van der Waals surface area contributed by atoms with Gasteiger partial charge in [-0.05, 0) is 49.4 Å². The third-order valence-electron chi connectivity index (χ3n) is 4.63. The zero-order valence-corrected chi connectivity index (χ0v) is 19.2. The molecule has 0 bridgehead atoms. The molecule has 0 aliphatic carbocycles. The molecule has 0 saturated carbocycles. The second kappa shape index (κ2) is 10.7. The molecule has 0 aliphatic heterocycles. The molecule has 3 aromatic rings. The molecule has 2 aromatic carbocycles. The lowest BCUT2D eigenvalue weighted by Gasteiger charge is -2.12. The highest BCUT2D eigenvalue weighted by Crippen LogP contribution is 2.25. The summed E-state index contributed by atoms with van der Waals surface area (Å²) in [6.07, 6.45) is 1.53. The summed E-state index contributed by atoms with van der Waals surface area (Å²) < 4.78 is 38.1. The van der Waals surface area contributed by atoms with Gasteiger partial charge in [0.1, 0.15) is 12.3 Å². The monoisotopic (exact) mass is 486 g/mol. The molecule has 0 spiro atoms. The van der Waals surface area contributed by atoms with E-state index in [2.05, 4.69) is 15.0 Å². The number of anilines is 2. The van der Waals surface area contributed by atoms with Gasteiger partial charge in [-0.2, -0.15) is 0 Å². The average Bonchev–Trinajstić information content (AvgIpc) is 2.80. The number of nitro benzene ring substituents is 1. The minimum absolute atomic E-state index is 0.185. The van der Waals surface area contributed by atoms with E-state index < -0.39 is 20.9 Å². The van der Waals surface area contributed by atoms with Crippen molar-refractivity contribution in [3.8, 4) is 5.88 Å². The van der Waals surface area contributed by atoms with Crippen LogP contribution in [0.1, 0.15) is 15.9 Å². The highest BCUT2D eigenvalue weighted by Gasteiger charge is 2.20. The molecule has 0 atom stereocenters. The van der Waals surface area contributed by atoms with Crippen LogP contribution < -0.4 is 14.8 Å². The number of nitro groups is 1. The van der Waals surface area contributed by atoms with Gasteiger partial charge in [-0.25, -0.2) is 13.4 Å². The Bertz CT molecular complexity index is 1290. The number of hydrogen-bond donors (Lipinski definition) is 2. The van der Waals surface area contributed by atoms with E-state index >= 15 is 0 Å². The lowest BCUT2D eigenvalue weighted by atomic mass is 10.2. The maximum absolute atomic E-state index is 12.7. The fourth-order valence-electron chi connectivity index (χ4n) is 2.87. The lowest BCUT2D eigenvalue weighted by Crippen LogP contribution is -2.15.